The molecular formula is C13H21BrCl2N2S. The summed E-state index contributed by atoms with van der Waals surface area (Å²) in [6.07, 6.45) is 4.27. The second-order valence-electron chi connectivity index (χ2n) is 5.09. The van der Waals surface area contributed by atoms with Gasteiger partial charge in [-0.15, -0.1) is 36.2 Å². The Morgan fingerprint density at radius 1 is 1.26 bits per heavy atom. The molecule has 1 saturated carbocycles. The van der Waals surface area contributed by atoms with Crippen LogP contribution in [0.3, 0.4) is 0 Å². The van der Waals surface area contributed by atoms with Crippen molar-refractivity contribution in [2.45, 2.75) is 25.3 Å². The molecule has 1 N–H and O–H groups in total. The molecule has 2 aliphatic rings. The van der Waals surface area contributed by atoms with E-state index in [2.05, 4.69) is 37.6 Å². The molecule has 0 amide bonds. The summed E-state index contributed by atoms with van der Waals surface area (Å²) in [5, 5.41) is 5.68. The highest BCUT2D eigenvalue weighted by Crippen LogP contribution is 2.43. The summed E-state index contributed by atoms with van der Waals surface area (Å²) >= 11 is 5.51. The van der Waals surface area contributed by atoms with Gasteiger partial charge in [0.1, 0.15) is 0 Å². The van der Waals surface area contributed by atoms with E-state index in [1.54, 1.807) is 4.88 Å². The number of halogens is 3. The van der Waals surface area contributed by atoms with Gasteiger partial charge in [0.25, 0.3) is 0 Å². The van der Waals surface area contributed by atoms with Gasteiger partial charge in [0, 0.05) is 47.0 Å². The molecule has 1 aliphatic heterocycles. The van der Waals surface area contributed by atoms with Crippen LogP contribution in [-0.2, 0) is 0 Å². The Morgan fingerprint density at radius 2 is 1.95 bits per heavy atom. The summed E-state index contributed by atoms with van der Waals surface area (Å²) < 4.78 is 1.25. The first-order valence-electron chi connectivity index (χ1n) is 6.53. The Kier molecular flexibility index (Phi) is 7.65. The Bertz CT molecular complexity index is 378. The molecular weight excluding hydrogens is 367 g/mol. The minimum Gasteiger partial charge on any atom is -0.314 e. The summed E-state index contributed by atoms with van der Waals surface area (Å²) in [6, 6.07) is 3.01. The van der Waals surface area contributed by atoms with E-state index < -0.39 is 0 Å². The molecule has 110 valence electrons. The highest BCUT2D eigenvalue weighted by atomic mass is 79.9. The molecule has 2 nitrogen and oxygen atoms in total. The maximum atomic E-state index is 3.59. The number of nitrogens with zero attached hydrogens (tertiary/aromatic N) is 1. The third-order valence-electron chi connectivity index (χ3n) is 4.02. The molecule has 19 heavy (non-hydrogen) atoms. The van der Waals surface area contributed by atoms with Gasteiger partial charge < -0.3 is 5.32 Å². The van der Waals surface area contributed by atoms with Crippen LogP contribution < -0.4 is 5.32 Å². The van der Waals surface area contributed by atoms with Gasteiger partial charge in [-0.25, -0.2) is 0 Å². The lowest BCUT2D eigenvalue weighted by atomic mass is 9.78. The van der Waals surface area contributed by atoms with E-state index in [-0.39, 0.29) is 24.8 Å². The van der Waals surface area contributed by atoms with E-state index in [4.69, 9.17) is 0 Å². The zero-order valence-electron chi connectivity index (χ0n) is 10.8. The number of hydrogen-bond donors (Lipinski definition) is 1. The smallest absolute Gasteiger partial charge is 0.0471 e. The van der Waals surface area contributed by atoms with Crippen LogP contribution in [-0.4, -0.2) is 31.1 Å². The fraction of sp³-hybridized carbons (Fsp3) is 0.692. The Labute approximate surface area is 140 Å². The maximum Gasteiger partial charge on any atom is 0.0471 e. The molecule has 1 saturated heterocycles. The Morgan fingerprint density at radius 3 is 2.42 bits per heavy atom. The average Bonchev–Trinajstić information content (AvgIpc) is 2.71. The van der Waals surface area contributed by atoms with E-state index in [0.29, 0.717) is 6.04 Å². The van der Waals surface area contributed by atoms with Gasteiger partial charge in [-0.1, -0.05) is 6.42 Å². The summed E-state index contributed by atoms with van der Waals surface area (Å²) in [5.74, 6) is 0.902. The molecule has 0 bridgehead atoms. The quantitative estimate of drug-likeness (QED) is 0.839. The van der Waals surface area contributed by atoms with Crippen molar-refractivity contribution in [3.63, 3.8) is 0 Å². The summed E-state index contributed by atoms with van der Waals surface area (Å²) in [5.41, 5.74) is 0. The highest BCUT2D eigenvalue weighted by molar-refractivity contribution is 9.10. The van der Waals surface area contributed by atoms with Crippen LogP contribution in [0.2, 0.25) is 0 Å². The van der Waals surface area contributed by atoms with Crippen molar-refractivity contribution in [3.8, 4) is 0 Å². The first-order valence-corrected chi connectivity index (χ1v) is 8.20. The normalized spacial score (nSPS) is 21.9. The van der Waals surface area contributed by atoms with Gasteiger partial charge in [0.15, 0.2) is 0 Å². The first kappa shape index (κ1) is 17.7. The predicted molar refractivity (Wildman–Crippen MR) is 91.0 cm³/mol. The second kappa shape index (κ2) is 8.20. The minimum absolute atomic E-state index is 0. The molecule has 0 spiro atoms. The van der Waals surface area contributed by atoms with Crippen molar-refractivity contribution in [2.75, 3.05) is 26.2 Å². The van der Waals surface area contributed by atoms with Gasteiger partial charge in [0.05, 0.1) is 0 Å². The van der Waals surface area contributed by atoms with E-state index in [0.717, 1.165) is 19.0 Å². The molecule has 3 rings (SSSR count). The number of hydrogen-bond acceptors (Lipinski definition) is 3. The minimum atomic E-state index is 0. The SMILES string of the molecule is Brc1csc([C@H](C2CCC2)N2CCNCC2)c1.Cl.Cl. The fourth-order valence-electron chi connectivity index (χ4n) is 2.91. The number of rotatable bonds is 3. The molecule has 0 unspecified atom stereocenters. The number of piperazine rings is 1. The zero-order chi connectivity index (χ0) is 11.7. The average molecular weight is 388 g/mol. The van der Waals surface area contributed by atoms with Gasteiger partial charge in [-0.05, 0) is 40.8 Å². The van der Waals surface area contributed by atoms with Crippen LogP contribution >= 0.6 is 52.1 Å². The van der Waals surface area contributed by atoms with Crippen molar-refractivity contribution < 1.29 is 0 Å². The Hall–Kier alpha value is 0.680. The van der Waals surface area contributed by atoms with Crippen molar-refractivity contribution in [1.82, 2.24) is 10.2 Å². The monoisotopic (exact) mass is 386 g/mol. The van der Waals surface area contributed by atoms with Crippen molar-refractivity contribution >= 4 is 52.1 Å². The van der Waals surface area contributed by atoms with Crippen LogP contribution in [0.25, 0.3) is 0 Å². The van der Waals surface area contributed by atoms with Gasteiger partial charge in [-0.2, -0.15) is 0 Å². The molecule has 0 radical (unpaired) electrons. The van der Waals surface area contributed by atoms with E-state index in [1.165, 1.54) is 36.8 Å². The van der Waals surface area contributed by atoms with Gasteiger partial charge in [0.2, 0.25) is 0 Å². The molecule has 1 atom stereocenters. The van der Waals surface area contributed by atoms with Crippen molar-refractivity contribution in [1.29, 1.82) is 0 Å². The third kappa shape index (κ3) is 4.08. The van der Waals surface area contributed by atoms with Gasteiger partial charge >= 0.3 is 0 Å². The number of thiophene rings is 1. The largest absolute Gasteiger partial charge is 0.314 e. The fourth-order valence-corrected chi connectivity index (χ4v) is 4.58. The summed E-state index contributed by atoms with van der Waals surface area (Å²) in [7, 11) is 0. The molecule has 1 aromatic heterocycles. The van der Waals surface area contributed by atoms with Gasteiger partial charge in [-0.3, -0.25) is 4.90 Å². The lowest BCUT2D eigenvalue weighted by Crippen LogP contribution is -2.47. The lowest BCUT2D eigenvalue weighted by molar-refractivity contribution is 0.0860. The van der Waals surface area contributed by atoms with E-state index in [9.17, 15) is 0 Å². The highest BCUT2D eigenvalue weighted by Gasteiger charge is 2.34. The van der Waals surface area contributed by atoms with Crippen LogP contribution in [0.5, 0.6) is 0 Å². The van der Waals surface area contributed by atoms with Crippen LogP contribution in [0, 0.1) is 5.92 Å². The topological polar surface area (TPSA) is 15.3 Å². The summed E-state index contributed by atoms with van der Waals surface area (Å²) in [6.45, 7) is 4.71. The lowest BCUT2D eigenvalue weighted by Gasteiger charge is -2.42. The van der Waals surface area contributed by atoms with E-state index >= 15 is 0 Å². The maximum absolute atomic E-state index is 3.59. The number of nitrogens with one attached hydrogen (secondary N) is 1. The first-order chi connectivity index (χ1) is 8.34. The molecule has 0 aromatic carbocycles. The molecule has 2 heterocycles. The second-order valence-corrected chi connectivity index (χ2v) is 6.95. The van der Waals surface area contributed by atoms with Crippen LogP contribution in [0.15, 0.2) is 15.9 Å². The third-order valence-corrected chi connectivity index (χ3v) is 5.78. The van der Waals surface area contributed by atoms with Crippen molar-refractivity contribution in [3.05, 3.63) is 20.8 Å². The van der Waals surface area contributed by atoms with E-state index in [1.807, 2.05) is 11.3 Å². The molecule has 1 aromatic rings. The summed E-state index contributed by atoms with van der Waals surface area (Å²) in [4.78, 5) is 4.25. The molecule has 2 fully saturated rings. The predicted octanol–water partition coefficient (Wildman–Crippen LogP) is 4.10. The Balaban J connectivity index is 0.000000902. The molecule has 1 aliphatic carbocycles. The van der Waals surface area contributed by atoms with Crippen LogP contribution in [0.1, 0.15) is 30.2 Å². The van der Waals surface area contributed by atoms with Crippen molar-refractivity contribution in [2.24, 2.45) is 5.92 Å². The van der Waals surface area contributed by atoms with Crippen LogP contribution in [0.4, 0.5) is 0 Å². The zero-order valence-corrected chi connectivity index (χ0v) is 14.8. The molecule has 6 heteroatoms. The standard InChI is InChI=1S/C13H19BrN2S.2ClH/c14-11-8-12(17-9-11)13(10-2-1-3-10)16-6-4-15-5-7-16;;/h8-10,13,15H,1-7H2;2*1H/t13-;;/m0../s1.